The fourth-order valence-electron chi connectivity index (χ4n) is 3.25. The van der Waals surface area contributed by atoms with Crippen LogP contribution < -0.4 is 10.1 Å². The van der Waals surface area contributed by atoms with Crippen molar-refractivity contribution in [1.29, 1.82) is 0 Å². The van der Waals surface area contributed by atoms with Gasteiger partial charge < -0.3 is 14.5 Å². The fourth-order valence-corrected chi connectivity index (χ4v) is 3.25. The Morgan fingerprint density at radius 1 is 1.21 bits per heavy atom. The van der Waals surface area contributed by atoms with E-state index < -0.39 is 0 Å². The van der Waals surface area contributed by atoms with Crippen LogP contribution in [0.5, 0.6) is 5.75 Å². The van der Waals surface area contributed by atoms with E-state index in [1.165, 1.54) is 12.8 Å². The number of hydrogen-bond acceptors (Lipinski definition) is 4. The maximum Gasteiger partial charge on any atom is 0.287 e. The number of nitrogens with zero attached hydrogens (tertiary/aromatic N) is 1. The number of carbonyl (C=O) groups excluding carboxylic acids is 1. The average Bonchev–Trinajstić information content (AvgIpc) is 3.17. The van der Waals surface area contributed by atoms with Gasteiger partial charge in [0.05, 0.1) is 6.26 Å². The van der Waals surface area contributed by atoms with Gasteiger partial charge >= 0.3 is 0 Å². The summed E-state index contributed by atoms with van der Waals surface area (Å²) in [5.74, 6) is 0.992. The molecule has 2 aliphatic rings. The molecule has 5 nitrogen and oxygen atoms in total. The fraction of sp³-hybridized carbons (Fsp3) is 0.421. The number of hydrogen-bond donors (Lipinski definition) is 1. The van der Waals surface area contributed by atoms with E-state index in [1.54, 1.807) is 12.3 Å². The summed E-state index contributed by atoms with van der Waals surface area (Å²) in [6.07, 6.45) is 5.17. The lowest BCUT2D eigenvalue weighted by Crippen LogP contribution is -2.37. The molecule has 1 amide bonds. The smallest absolute Gasteiger partial charge is 0.287 e. The second kappa shape index (κ2) is 6.69. The first-order valence-electron chi connectivity index (χ1n) is 8.59. The van der Waals surface area contributed by atoms with E-state index in [2.05, 4.69) is 10.2 Å². The number of carbonyl (C=O) groups is 1. The van der Waals surface area contributed by atoms with E-state index >= 15 is 0 Å². The molecular formula is C19H22N2O3. The van der Waals surface area contributed by atoms with Gasteiger partial charge in [-0.05, 0) is 37.5 Å². The molecule has 0 unspecified atom stereocenters. The molecule has 2 heterocycles. The molecule has 1 aromatic heterocycles. The first kappa shape index (κ1) is 15.3. The molecule has 2 aromatic rings. The van der Waals surface area contributed by atoms with Crippen molar-refractivity contribution < 1.29 is 13.9 Å². The van der Waals surface area contributed by atoms with Crippen LogP contribution in [0.3, 0.4) is 0 Å². The number of para-hydroxylation sites is 1. The van der Waals surface area contributed by atoms with Crippen molar-refractivity contribution in [3.63, 3.8) is 0 Å². The highest BCUT2D eigenvalue weighted by atomic mass is 16.5. The zero-order valence-corrected chi connectivity index (χ0v) is 13.6. The lowest BCUT2D eigenvalue weighted by Gasteiger charge is -2.15. The Morgan fingerprint density at radius 2 is 2.04 bits per heavy atom. The predicted octanol–water partition coefficient (Wildman–Crippen LogP) is 2.83. The zero-order valence-electron chi connectivity index (χ0n) is 13.6. The third kappa shape index (κ3) is 3.46. The monoisotopic (exact) mass is 326 g/mol. The van der Waals surface area contributed by atoms with Gasteiger partial charge in [-0.1, -0.05) is 18.2 Å². The maximum absolute atomic E-state index is 12.5. The van der Waals surface area contributed by atoms with E-state index in [1.807, 2.05) is 30.3 Å². The van der Waals surface area contributed by atoms with Crippen molar-refractivity contribution in [1.82, 2.24) is 10.2 Å². The Kier molecular flexibility index (Phi) is 4.26. The van der Waals surface area contributed by atoms with Gasteiger partial charge in [-0.25, -0.2) is 0 Å². The van der Waals surface area contributed by atoms with Crippen LogP contribution in [0.25, 0.3) is 0 Å². The van der Waals surface area contributed by atoms with Crippen molar-refractivity contribution in [2.75, 3.05) is 13.1 Å². The Hall–Kier alpha value is -2.27. The number of benzene rings is 1. The second-order valence-electron chi connectivity index (χ2n) is 6.56. The van der Waals surface area contributed by atoms with Crippen LogP contribution in [0.15, 0.2) is 47.1 Å². The summed E-state index contributed by atoms with van der Waals surface area (Å²) in [7, 11) is 0. The van der Waals surface area contributed by atoms with Crippen molar-refractivity contribution >= 4 is 5.91 Å². The van der Waals surface area contributed by atoms with E-state index in [4.69, 9.17) is 9.15 Å². The van der Waals surface area contributed by atoms with Crippen molar-refractivity contribution in [3.8, 4) is 5.75 Å². The number of nitrogens with one attached hydrogen (secondary N) is 1. The minimum atomic E-state index is -0.144. The molecule has 0 radical (unpaired) electrons. The summed E-state index contributed by atoms with van der Waals surface area (Å²) >= 11 is 0. The predicted molar refractivity (Wildman–Crippen MR) is 89.9 cm³/mol. The van der Waals surface area contributed by atoms with Gasteiger partial charge in [0.2, 0.25) is 0 Å². The minimum absolute atomic E-state index is 0.144. The normalized spacial score (nSPS) is 20.9. The third-order valence-corrected chi connectivity index (χ3v) is 4.71. The lowest BCUT2D eigenvalue weighted by atomic mass is 10.2. The first-order valence-corrected chi connectivity index (χ1v) is 8.59. The summed E-state index contributed by atoms with van der Waals surface area (Å²) in [5, 5.41) is 3.10. The molecule has 24 heavy (non-hydrogen) atoms. The Balaban J connectivity index is 1.34. The highest BCUT2D eigenvalue weighted by Crippen LogP contribution is 2.29. The molecule has 1 saturated carbocycles. The van der Waals surface area contributed by atoms with Crippen LogP contribution >= 0.6 is 0 Å². The van der Waals surface area contributed by atoms with Gasteiger partial charge in [0.15, 0.2) is 5.76 Å². The Labute approximate surface area is 141 Å². The summed E-state index contributed by atoms with van der Waals surface area (Å²) in [6, 6.07) is 12.3. The van der Waals surface area contributed by atoms with Gasteiger partial charge in [-0.2, -0.15) is 0 Å². The third-order valence-electron chi connectivity index (χ3n) is 4.71. The molecule has 126 valence electrons. The van der Waals surface area contributed by atoms with Crippen LogP contribution in [-0.2, 0) is 6.61 Å². The SMILES string of the molecule is O=C(N[C@H]1CCN(C2CC2)C1)c1occc1COc1ccccc1. The number of furan rings is 1. The van der Waals surface area contributed by atoms with E-state index in [0.29, 0.717) is 12.4 Å². The molecule has 4 rings (SSSR count). The quantitative estimate of drug-likeness (QED) is 0.887. The number of rotatable bonds is 6. The lowest BCUT2D eigenvalue weighted by molar-refractivity contribution is 0.0906. The molecule has 1 aromatic carbocycles. The van der Waals surface area contributed by atoms with Crippen LogP contribution in [0, 0.1) is 0 Å². The maximum atomic E-state index is 12.5. The molecule has 1 aliphatic carbocycles. The number of likely N-dealkylation sites (tertiary alicyclic amines) is 1. The van der Waals surface area contributed by atoms with Gasteiger partial charge in [-0.15, -0.1) is 0 Å². The highest BCUT2D eigenvalue weighted by Gasteiger charge is 2.35. The molecule has 0 bridgehead atoms. The molecule has 1 saturated heterocycles. The van der Waals surface area contributed by atoms with Crippen LogP contribution in [0.4, 0.5) is 0 Å². The molecule has 1 atom stereocenters. The van der Waals surface area contributed by atoms with Gasteiger partial charge in [-0.3, -0.25) is 9.69 Å². The van der Waals surface area contributed by atoms with Crippen LogP contribution in [-0.4, -0.2) is 36.0 Å². The summed E-state index contributed by atoms with van der Waals surface area (Å²) < 4.78 is 11.1. The minimum Gasteiger partial charge on any atom is -0.489 e. The summed E-state index contributed by atoms with van der Waals surface area (Å²) in [4.78, 5) is 15.0. The van der Waals surface area contributed by atoms with Crippen molar-refractivity contribution in [3.05, 3.63) is 54.0 Å². The van der Waals surface area contributed by atoms with Gasteiger partial charge in [0.1, 0.15) is 12.4 Å². The Morgan fingerprint density at radius 3 is 2.83 bits per heavy atom. The molecule has 1 N–H and O–H groups in total. The molecule has 0 spiro atoms. The van der Waals surface area contributed by atoms with Crippen molar-refractivity contribution in [2.45, 2.75) is 38.0 Å². The van der Waals surface area contributed by atoms with E-state index in [-0.39, 0.29) is 11.9 Å². The average molecular weight is 326 g/mol. The van der Waals surface area contributed by atoms with Crippen molar-refractivity contribution in [2.24, 2.45) is 0 Å². The topological polar surface area (TPSA) is 54.7 Å². The highest BCUT2D eigenvalue weighted by molar-refractivity contribution is 5.93. The second-order valence-corrected chi connectivity index (χ2v) is 6.56. The van der Waals surface area contributed by atoms with Crippen LogP contribution in [0.1, 0.15) is 35.4 Å². The molecular weight excluding hydrogens is 304 g/mol. The zero-order chi connectivity index (χ0) is 16.4. The van der Waals surface area contributed by atoms with E-state index in [9.17, 15) is 4.79 Å². The largest absolute Gasteiger partial charge is 0.489 e. The molecule has 2 fully saturated rings. The molecule has 5 heteroatoms. The number of ether oxygens (including phenoxy) is 1. The standard InChI is InChI=1S/C19H22N2O3/c22-19(20-15-8-10-21(12-15)16-6-7-16)18-14(9-11-23-18)13-24-17-4-2-1-3-5-17/h1-5,9,11,15-16H,6-8,10,12-13H2,(H,20,22)/t15-/m0/s1. The van der Waals surface area contributed by atoms with Gasteiger partial charge in [0, 0.05) is 30.7 Å². The first-order chi connectivity index (χ1) is 11.8. The number of amides is 1. The Bertz CT molecular complexity index is 694. The van der Waals surface area contributed by atoms with E-state index in [0.717, 1.165) is 36.9 Å². The summed E-state index contributed by atoms with van der Waals surface area (Å²) in [5.41, 5.74) is 0.772. The van der Waals surface area contributed by atoms with Gasteiger partial charge in [0.25, 0.3) is 5.91 Å². The van der Waals surface area contributed by atoms with Crippen LogP contribution in [0.2, 0.25) is 0 Å². The molecule has 1 aliphatic heterocycles. The summed E-state index contributed by atoms with van der Waals surface area (Å²) in [6.45, 7) is 2.35.